The number of carbonyl (C=O) groups is 2. The van der Waals surface area contributed by atoms with E-state index in [9.17, 15) is 9.59 Å². The second-order valence-corrected chi connectivity index (χ2v) is 6.55. The lowest BCUT2D eigenvalue weighted by molar-refractivity contribution is -0.137. The first-order valence-corrected chi connectivity index (χ1v) is 8.01. The summed E-state index contributed by atoms with van der Waals surface area (Å²) < 4.78 is 1.08. The monoisotopic (exact) mass is 386 g/mol. The van der Waals surface area contributed by atoms with E-state index in [1.54, 1.807) is 12.1 Å². The Balaban J connectivity index is 1.88. The van der Waals surface area contributed by atoms with Gasteiger partial charge in [-0.3, -0.25) is 9.59 Å². The Kier molecular flexibility index (Phi) is 5.39. The van der Waals surface area contributed by atoms with E-state index >= 15 is 0 Å². The molecule has 0 radical (unpaired) electrons. The molecule has 4 nitrogen and oxygen atoms in total. The van der Waals surface area contributed by atoms with Gasteiger partial charge in [0.1, 0.15) is 0 Å². The third-order valence-electron chi connectivity index (χ3n) is 3.74. The second-order valence-electron chi connectivity index (χ2n) is 5.30. The highest BCUT2D eigenvalue weighted by Crippen LogP contribution is 2.23. The molecule has 1 fully saturated rings. The number of rotatable bonds is 2. The lowest BCUT2D eigenvalue weighted by Crippen LogP contribution is -2.45. The van der Waals surface area contributed by atoms with E-state index in [0.29, 0.717) is 11.6 Å². The average molecular weight is 386 g/mol. The molecule has 2 unspecified atom stereocenters. The van der Waals surface area contributed by atoms with E-state index in [2.05, 4.69) is 40.1 Å². The molecule has 1 saturated carbocycles. The van der Waals surface area contributed by atoms with Gasteiger partial charge in [0.15, 0.2) is 0 Å². The first-order valence-electron chi connectivity index (χ1n) is 6.93. The maximum absolute atomic E-state index is 11.9. The van der Waals surface area contributed by atoms with Crippen molar-refractivity contribution in [3.63, 3.8) is 0 Å². The van der Waals surface area contributed by atoms with Gasteiger partial charge in [-0.05, 0) is 65.6 Å². The highest BCUT2D eigenvalue weighted by Gasteiger charge is 2.25. The lowest BCUT2D eigenvalue weighted by atomic mass is 9.86. The average Bonchev–Trinajstić information content (AvgIpc) is 2.44. The van der Waals surface area contributed by atoms with E-state index in [1.807, 2.05) is 12.1 Å². The van der Waals surface area contributed by atoms with E-state index in [0.717, 1.165) is 22.8 Å². The highest BCUT2D eigenvalue weighted by atomic mass is 127. The Morgan fingerprint density at radius 1 is 1.10 bits per heavy atom. The van der Waals surface area contributed by atoms with Crippen molar-refractivity contribution in [3.05, 3.63) is 27.8 Å². The van der Waals surface area contributed by atoms with E-state index in [1.165, 1.54) is 6.42 Å². The molecule has 0 saturated heterocycles. The molecule has 2 rings (SSSR count). The number of carbonyl (C=O) groups excluding carboxylic acids is 2. The number of amides is 2. The molecule has 108 valence electrons. The molecule has 1 aliphatic rings. The summed E-state index contributed by atoms with van der Waals surface area (Å²) in [7, 11) is 0. The number of nitrogens with one attached hydrogen (secondary N) is 2. The standard InChI is InChI=1S/C15H19IN2O2/c1-10-4-2-3-5-13(10)18-15(20)14(19)17-12-8-6-11(16)7-9-12/h6-10,13H,2-5H2,1H3,(H,17,19)(H,18,20). The minimum atomic E-state index is -0.594. The summed E-state index contributed by atoms with van der Waals surface area (Å²) in [5.41, 5.74) is 0.641. The maximum atomic E-state index is 11.9. The Hall–Kier alpha value is -1.11. The molecule has 1 aromatic carbocycles. The topological polar surface area (TPSA) is 58.2 Å². The Bertz CT molecular complexity index is 487. The van der Waals surface area contributed by atoms with Crippen molar-refractivity contribution in [2.75, 3.05) is 5.32 Å². The van der Waals surface area contributed by atoms with Crippen molar-refractivity contribution in [1.29, 1.82) is 0 Å². The van der Waals surface area contributed by atoms with Gasteiger partial charge in [-0.25, -0.2) is 0 Å². The van der Waals surface area contributed by atoms with Crippen LogP contribution in [-0.4, -0.2) is 17.9 Å². The molecule has 0 spiro atoms. The SMILES string of the molecule is CC1CCCCC1NC(=O)C(=O)Nc1ccc(I)cc1. The van der Waals surface area contributed by atoms with E-state index < -0.39 is 11.8 Å². The van der Waals surface area contributed by atoms with Crippen molar-refractivity contribution >= 4 is 40.1 Å². The minimum absolute atomic E-state index is 0.124. The largest absolute Gasteiger partial charge is 0.345 e. The lowest BCUT2D eigenvalue weighted by Gasteiger charge is -2.29. The summed E-state index contributed by atoms with van der Waals surface area (Å²) in [5, 5.41) is 5.47. The van der Waals surface area contributed by atoms with Gasteiger partial charge in [-0.2, -0.15) is 0 Å². The number of hydrogen-bond donors (Lipinski definition) is 2. The highest BCUT2D eigenvalue weighted by molar-refractivity contribution is 14.1. The van der Waals surface area contributed by atoms with Gasteiger partial charge in [0.2, 0.25) is 0 Å². The molecule has 0 aliphatic heterocycles. The van der Waals surface area contributed by atoms with Gasteiger partial charge in [-0.1, -0.05) is 19.8 Å². The van der Waals surface area contributed by atoms with Crippen LogP contribution in [0.3, 0.4) is 0 Å². The van der Waals surface area contributed by atoms with Crippen LogP contribution in [0.15, 0.2) is 24.3 Å². The van der Waals surface area contributed by atoms with Crippen LogP contribution >= 0.6 is 22.6 Å². The molecule has 2 N–H and O–H groups in total. The summed E-state index contributed by atoms with van der Waals surface area (Å²) in [6, 6.07) is 7.47. The van der Waals surface area contributed by atoms with Gasteiger partial charge in [0.05, 0.1) is 0 Å². The Morgan fingerprint density at radius 2 is 1.75 bits per heavy atom. The van der Waals surface area contributed by atoms with Crippen LogP contribution in [0.2, 0.25) is 0 Å². The van der Waals surface area contributed by atoms with Gasteiger partial charge in [0, 0.05) is 15.3 Å². The normalized spacial score (nSPS) is 22.1. The number of hydrogen-bond acceptors (Lipinski definition) is 2. The molecule has 1 aliphatic carbocycles. The quantitative estimate of drug-likeness (QED) is 0.607. The first-order chi connectivity index (χ1) is 9.56. The fourth-order valence-electron chi connectivity index (χ4n) is 2.49. The van der Waals surface area contributed by atoms with Crippen LogP contribution in [0.1, 0.15) is 32.6 Å². The summed E-state index contributed by atoms with van der Waals surface area (Å²) in [5.74, 6) is -0.690. The third kappa shape index (κ3) is 4.19. The smallest absolute Gasteiger partial charge is 0.313 e. The maximum Gasteiger partial charge on any atom is 0.313 e. The summed E-state index contributed by atoms with van der Waals surface area (Å²) in [4.78, 5) is 23.8. The molecule has 2 amide bonds. The first kappa shape index (κ1) is 15.3. The number of benzene rings is 1. The van der Waals surface area contributed by atoms with Gasteiger partial charge < -0.3 is 10.6 Å². The van der Waals surface area contributed by atoms with Gasteiger partial charge in [0.25, 0.3) is 0 Å². The van der Waals surface area contributed by atoms with Crippen LogP contribution in [0, 0.1) is 9.49 Å². The zero-order chi connectivity index (χ0) is 14.5. The van der Waals surface area contributed by atoms with Crippen LogP contribution in [0.5, 0.6) is 0 Å². The van der Waals surface area contributed by atoms with Crippen molar-refractivity contribution < 1.29 is 9.59 Å². The third-order valence-corrected chi connectivity index (χ3v) is 4.46. The molecule has 1 aromatic rings. The molecule has 0 bridgehead atoms. The zero-order valence-electron chi connectivity index (χ0n) is 11.5. The fraction of sp³-hybridized carbons (Fsp3) is 0.467. The van der Waals surface area contributed by atoms with Crippen molar-refractivity contribution in [1.82, 2.24) is 5.32 Å². The van der Waals surface area contributed by atoms with Crippen LogP contribution in [-0.2, 0) is 9.59 Å². The molecular weight excluding hydrogens is 367 g/mol. The fourth-order valence-corrected chi connectivity index (χ4v) is 2.85. The molecule has 20 heavy (non-hydrogen) atoms. The van der Waals surface area contributed by atoms with Crippen molar-refractivity contribution in [3.8, 4) is 0 Å². The minimum Gasteiger partial charge on any atom is -0.345 e. The summed E-state index contributed by atoms with van der Waals surface area (Å²) in [6.45, 7) is 2.13. The number of halogens is 1. The number of anilines is 1. The summed E-state index contributed by atoms with van der Waals surface area (Å²) in [6.07, 6.45) is 4.41. The molecule has 0 aromatic heterocycles. The zero-order valence-corrected chi connectivity index (χ0v) is 13.6. The van der Waals surface area contributed by atoms with Crippen LogP contribution < -0.4 is 10.6 Å². The van der Waals surface area contributed by atoms with Crippen LogP contribution in [0.25, 0.3) is 0 Å². The van der Waals surface area contributed by atoms with E-state index in [-0.39, 0.29) is 6.04 Å². The molecule has 2 atom stereocenters. The predicted molar refractivity (Wildman–Crippen MR) is 87.4 cm³/mol. The van der Waals surface area contributed by atoms with Gasteiger partial charge >= 0.3 is 11.8 Å². The van der Waals surface area contributed by atoms with Crippen molar-refractivity contribution in [2.45, 2.75) is 38.6 Å². The van der Waals surface area contributed by atoms with Crippen molar-refractivity contribution in [2.24, 2.45) is 5.92 Å². The molecule has 5 heteroatoms. The molecule has 0 heterocycles. The Labute approximate surface area is 132 Å². The summed E-state index contributed by atoms with van der Waals surface area (Å²) >= 11 is 2.19. The Morgan fingerprint density at radius 3 is 2.40 bits per heavy atom. The predicted octanol–water partition coefficient (Wildman–Crippen LogP) is 2.92. The van der Waals surface area contributed by atoms with E-state index in [4.69, 9.17) is 0 Å². The van der Waals surface area contributed by atoms with Gasteiger partial charge in [-0.15, -0.1) is 0 Å². The molecular formula is C15H19IN2O2. The van der Waals surface area contributed by atoms with Crippen LogP contribution in [0.4, 0.5) is 5.69 Å². The second kappa shape index (κ2) is 7.06.